The highest BCUT2D eigenvalue weighted by Gasteiger charge is 2.21. The Labute approximate surface area is 124 Å². The summed E-state index contributed by atoms with van der Waals surface area (Å²) in [5.41, 5.74) is 0. The Balaban J connectivity index is 1.81. The van der Waals surface area contributed by atoms with Crippen molar-refractivity contribution in [1.82, 2.24) is 24.7 Å². The quantitative estimate of drug-likeness (QED) is 0.884. The van der Waals surface area contributed by atoms with Crippen molar-refractivity contribution in [2.24, 2.45) is 0 Å². The van der Waals surface area contributed by atoms with Gasteiger partial charge < -0.3 is 19.7 Å². The third-order valence-corrected chi connectivity index (χ3v) is 3.64. The average molecular weight is 293 g/mol. The van der Waals surface area contributed by atoms with Gasteiger partial charge in [-0.05, 0) is 13.3 Å². The summed E-state index contributed by atoms with van der Waals surface area (Å²) in [7, 11) is 0. The van der Waals surface area contributed by atoms with Gasteiger partial charge in [0.15, 0.2) is 0 Å². The smallest absolute Gasteiger partial charge is 0.317 e. The third kappa shape index (κ3) is 4.47. The van der Waals surface area contributed by atoms with Crippen LogP contribution in [0.5, 0.6) is 0 Å². The monoisotopic (exact) mass is 293 g/mol. The lowest BCUT2D eigenvalue weighted by Crippen LogP contribution is -2.46. The Morgan fingerprint density at radius 2 is 1.95 bits per heavy atom. The number of amides is 3. The van der Waals surface area contributed by atoms with E-state index in [-0.39, 0.29) is 18.0 Å². The van der Waals surface area contributed by atoms with Crippen LogP contribution in [-0.4, -0.2) is 63.5 Å². The van der Waals surface area contributed by atoms with E-state index >= 15 is 0 Å². The second-order valence-electron chi connectivity index (χ2n) is 5.46. The fraction of sp³-hybridized carbons (Fsp3) is 0.643. The van der Waals surface area contributed by atoms with Gasteiger partial charge in [-0.15, -0.1) is 0 Å². The van der Waals surface area contributed by atoms with Crippen LogP contribution in [0.2, 0.25) is 0 Å². The van der Waals surface area contributed by atoms with E-state index in [1.54, 1.807) is 29.2 Å². The molecule has 2 rings (SSSR count). The minimum atomic E-state index is -0.0620. The first-order valence-electron chi connectivity index (χ1n) is 7.33. The molecule has 1 saturated heterocycles. The van der Waals surface area contributed by atoms with Crippen LogP contribution < -0.4 is 5.32 Å². The van der Waals surface area contributed by atoms with Crippen molar-refractivity contribution in [3.63, 3.8) is 0 Å². The number of carbonyl (C=O) groups is 2. The third-order valence-electron chi connectivity index (χ3n) is 3.64. The number of nitrogens with one attached hydrogen (secondary N) is 1. The highest BCUT2D eigenvalue weighted by Crippen LogP contribution is 2.04. The van der Waals surface area contributed by atoms with Crippen LogP contribution in [0.1, 0.15) is 20.3 Å². The molecule has 7 heteroatoms. The largest absolute Gasteiger partial charge is 0.341 e. The molecule has 0 spiro atoms. The highest BCUT2D eigenvalue weighted by molar-refractivity contribution is 5.75. The second-order valence-corrected chi connectivity index (χ2v) is 5.46. The predicted molar refractivity (Wildman–Crippen MR) is 78.7 cm³/mol. The van der Waals surface area contributed by atoms with Crippen molar-refractivity contribution in [3.8, 4) is 0 Å². The summed E-state index contributed by atoms with van der Waals surface area (Å²) in [6.45, 7) is 6.85. The molecule has 1 atom stereocenters. The molecule has 116 valence electrons. The zero-order chi connectivity index (χ0) is 15.2. The molecule has 0 radical (unpaired) electrons. The van der Waals surface area contributed by atoms with Crippen molar-refractivity contribution >= 4 is 11.9 Å². The molecule has 7 nitrogen and oxygen atoms in total. The molecule has 1 N–H and O–H groups in total. The van der Waals surface area contributed by atoms with Crippen LogP contribution in [-0.2, 0) is 11.3 Å². The summed E-state index contributed by atoms with van der Waals surface area (Å²) in [5, 5.41) is 2.99. The number of aromatic nitrogens is 2. The maximum absolute atomic E-state index is 12.3. The average Bonchev–Trinajstić information content (AvgIpc) is 2.79. The summed E-state index contributed by atoms with van der Waals surface area (Å²) in [6.07, 6.45) is 6.15. The highest BCUT2D eigenvalue weighted by atomic mass is 16.2. The molecular formula is C14H23N5O2. The normalized spacial score (nSPS) is 17.2. The van der Waals surface area contributed by atoms with Gasteiger partial charge in [-0.25, -0.2) is 9.78 Å². The van der Waals surface area contributed by atoms with E-state index in [0.717, 1.165) is 13.0 Å². The molecule has 1 fully saturated rings. The first kappa shape index (κ1) is 15.3. The molecule has 0 aliphatic carbocycles. The van der Waals surface area contributed by atoms with E-state index in [4.69, 9.17) is 0 Å². The van der Waals surface area contributed by atoms with Gasteiger partial charge in [-0.1, -0.05) is 0 Å². The van der Waals surface area contributed by atoms with Crippen LogP contribution in [0, 0.1) is 0 Å². The zero-order valence-corrected chi connectivity index (χ0v) is 12.7. The maximum atomic E-state index is 12.3. The Hall–Kier alpha value is -2.05. The minimum absolute atomic E-state index is 0.0267. The summed E-state index contributed by atoms with van der Waals surface area (Å²) in [5.74, 6) is 0.0748. The van der Waals surface area contributed by atoms with Gasteiger partial charge in [-0.3, -0.25) is 4.79 Å². The van der Waals surface area contributed by atoms with Gasteiger partial charge in [0.25, 0.3) is 0 Å². The minimum Gasteiger partial charge on any atom is -0.341 e. The number of carbonyl (C=O) groups excluding carboxylic acids is 2. The van der Waals surface area contributed by atoms with E-state index in [9.17, 15) is 9.59 Å². The lowest BCUT2D eigenvalue weighted by Gasteiger charge is -2.24. The standard InChI is InChI=1S/C14H23N5O2/c1-12(10-17-7-4-15-11-17)16-14(21)19-6-3-5-18(8-9-19)13(2)20/h4,7,11-12H,3,5-6,8-10H2,1-2H3,(H,16,21)/t12-/m0/s1. The molecule has 21 heavy (non-hydrogen) atoms. The maximum Gasteiger partial charge on any atom is 0.317 e. The van der Waals surface area contributed by atoms with Gasteiger partial charge in [-0.2, -0.15) is 0 Å². The molecule has 2 heterocycles. The Morgan fingerprint density at radius 1 is 1.24 bits per heavy atom. The topological polar surface area (TPSA) is 70.5 Å². The number of urea groups is 1. The van der Waals surface area contributed by atoms with Gasteiger partial charge >= 0.3 is 6.03 Å². The summed E-state index contributed by atoms with van der Waals surface area (Å²) in [6, 6.07) is -0.0353. The van der Waals surface area contributed by atoms with Crippen LogP contribution >= 0.6 is 0 Å². The van der Waals surface area contributed by atoms with Gasteiger partial charge in [0.05, 0.1) is 6.33 Å². The van der Waals surface area contributed by atoms with Crippen molar-refractivity contribution in [2.75, 3.05) is 26.2 Å². The predicted octanol–water partition coefficient (Wildman–Crippen LogP) is 0.535. The van der Waals surface area contributed by atoms with E-state index in [2.05, 4.69) is 10.3 Å². The molecule has 0 saturated carbocycles. The second kappa shape index (κ2) is 7.10. The lowest BCUT2D eigenvalue weighted by molar-refractivity contribution is -0.128. The molecule has 0 unspecified atom stereocenters. The number of rotatable bonds is 3. The first-order valence-corrected chi connectivity index (χ1v) is 7.33. The van der Waals surface area contributed by atoms with E-state index in [1.807, 2.05) is 17.7 Å². The fourth-order valence-electron chi connectivity index (χ4n) is 2.49. The summed E-state index contributed by atoms with van der Waals surface area (Å²) >= 11 is 0. The Kier molecular flexibility index (Phi) is 5.19. The molecular weight excluding hydrogens is 270 g/mol. The molecule has 1 aromatic rings. The van der Waals surface area contributed by atoms with Crippen molar-refractivity contribution in [3.05, 3.63) is 18.7 Å². The first-order chi connectivity index (χ1) is 10.1. The van der Waals surface area contributed by atoms with E-state index < -0.39 is 0 Å². The van der Waals surface area contributed by atoms with Crippen LogP contribution in [0.3, 0.4) is 0 Å². The van der Waals surface area contributed by atoms with Crippen molar-refractivity contribution in [2.45, 2.75) is 32.9 Å². The molecule has 1 aromatic heterocycles. The van der Waals surface area contributed by atoms with Gasteiger partial charge in [0.1, 0.15) is 0 Å². The van der Waals surface area contributed by atoms with Crippen LogP contribution in [0.4, 0.5) is 4.79 Å². The number of hydrogen-bond acceptors (Lipinski definition) is 3. The number of hydrogen-bond donors (Lipinski definition) is 1. The molecule has 1 aliphatic rings. The molecule has 0 bridgehead atoms. The van der Waals surface area contributed by atoms with E-state index in [0.29, 0.717) is 26.2 Å². The van der Waals surface area contributed by atoms with Crippen molar-refractivity contribution < 1.29 is 9.59 Å². The summed E-state index contributed by atoms with van der Waals surface area (Å²) in [4.78, 5) is 31.2. The zero-order valence-electron chi connectivity index (χ0n) is 12.7. The molecule has 0 aromatic carbocycles. The van der Waals surface area contributed by atoms with Crippen LogP contribution in [0.15, 0.2) is 18.7 Å². The summed E-state index contributed by atoms with van der Waals surface area (Å²) < 4.78 is 1.94. The fourth-order valence-corrected chi connectivity index (χ4v) is 2.49. The van der Waals surface area contributed by atoms with Gasteiger partial charge in [0.2, 0.25) is 5.91 Å². The Morgan fingerprint density at radius 3 is 2.62 bits per heavy atom. The van der Waals surface area contributed by atoms with Gasteiger partial charge in [0, 0.05) is 58.1 Å². The lowest BCUT2D eigenvalue weighted by atomic mass is 10.3. The number of nitrogens with zero attached hydrogens (tertiary/aromatic N) is 4. The SMILES string of the molecule is CC(=O)N1CCCN(C(=O)N[C@@H](C)Cn2ccnc2)CC1. The van der Waals surface area contributed by atoms with Crippen molar-refractivity contribution in [1.29, 1.82) is 0 Å². The van der Waals surface area contributed by atoms with E-state index in [1.165, 1.54) is 0 Å². The van der Waals surface area contributed by atoms with Crippen LogP contribution in [0.25, 0.3) is 0 Å². The molecule has 1 aliphatic heterocycles. The number of imidazole rings is 1. The molecule has 3 amide bonds. The Bertz CT molecular complexity index is 474.